The lowest BCUT2D eigenvalue weighted by atomic mass is 10.0. The van der Waals surface area contributed by atoms with Gasteiger partial charge in [0, 0.05) is 0 Å². The average Bonchev–Trinajstić information content (AvgIpc) is 2.44. The smallest absolute Gasteiger partial charge is 0.267 e. The Hall–Kier alpha value is -0.130. The Labute approximate surface area is 137 Å². The topological polar surface area (TPSA) is 74.6 Å². The molecule has 0 aromatic heterocycles. The molecule has 2 atom stereocenters. The summed E-state index contributed by atoms with van der Waals surface area (Å²) >= 11 is 0. The highest BCUT2D eigenvalue weighted by molar-refractivity contribution is 7.86. The van der Waals surface area contributed by atoms with E-state index < -0.39 is 15.4 Å². The van der Waals surface area contributed by atoms with E-state index in [0.29, 0.717) is 6.42 Å². The lowest BCUT2D eigenvalue weighted by Crippen LogP contribution is -2.16. The van der Waals surface area contributed by atoms with E-state index in [1.807, 2.05) is 0 Å². The second-order valence-electron chi connectivity index (χ2n) is 6.53. The van der Waals surface area contributed by atoms with Crippen molar-refractivity contribution in [2.75, 3.05) is 0 Å². The van der Waals surface area contributed by atoms with E-state index in [1.165, 1.54) is 32.1 Å². The average molecular weight is 337 g/mol. The predicted molar refractivity (Wildman–Crippen MR) is 92.7 cm³/mol. The maximum Gasteiger partial charge on any atom is 0.267 e. The summed E-state index contributed by atoms with van der Waals surface area (Å²) in [5.74, 6) is 0. The molecule has 2 unspecified atom stereocenters. The van der Waals surface area contributed by atoms with Gasteiger partial charge in [-0.3, -0.25) is 4.55 Å². The molecule has 2 N–H and O–H groups in total. The van der Waals surface area contributed by atoms with Crippen molar-refractivity contribution in [2.45, 2.75) is 109 Å². The van der Waals surface area contributed by atoms with E-state index >= 15 is 0 Å². The molecule has 0 aliphatic heterocycles. The summed E-state index contributed by atoms with van der Waals surface area (Å²) in [6.45, 7) is 3.73. The van der Waals surface area contributed by atoms with Gasteiger partial charge in [0.05, 0.1) is 11.4 Å². The number of rotatable bonds is 15. The maximum atomic E-state index is 10.8. The van der Waals surface area contributed by atoms with Crippen LogP contribution in [0.15, 0.2) is 0 Å². The largest absolute Gasteiger partial charge is 0.393 e. The number of unbranched alkanes of at least 4 members (excludes halogenated alkanes) is 8. The van der Waals surface area contributed by atoms with Gasteiger partial charge in [-0.05, 0) is 26.2 Å². The third-order valence-corrected chi connectivity index (χ3v) is 5.55. The van der Waals surface area contributed by atoms with E-state index in [9.17, 15) is 13.5 Å². The molecular weight excluding hydrogens is 300 g/mol. The predicted octanol–water partition coefficient (Wildman–Crippen LogP) is 4.71. The summed E-state index contributed by atoms with van der Waals surface area (Å²) in [6, 6.07) is 0. The summed E-state index contributed by atoms with van der Waals surface area (Å²) in [5.41, 5.74) is 0. The van der Waals surface area contributed by atoms with E-state index in [0.717, 1.165) is 44.9 Å². The summed E-state index contributed by atoms with van der Waals surface area (Å²) < 4.78 is 30.5. The van der Waals surface area contributed by atoms with Crippen molar-refractivity contribution in [3.8, 4) is 0 Å². The van der Waals surface area contributed by atoms with Crippen LogP contribution >= 0.6 is 0 Å². The molecule has 22 heavy (non-hydrogen) atoms. The summed E-state index contributed by atoms with van der Waals surface area (Å²) in [6.07, 6.45) is 13.5. The molecular formula is C17H36O4S. The Bertz CT molecular complexity index is 341. The summed E-state index contributed by atoms with van der Waals surface area (Å²) in [5, 5.41) is 9.16. The Morgan fingerprint density at radius 3 is 1.64 bits per heavy atom. The minimum absolute atomic E-state index is 0.117. The van der Waals surface area contributed by atoms with Gasteiger partial charge in [0.1, 0.15) is 0 Å². The molecule has 0 heterocycles. The van der Waals surface area contributed by atoms with Crippen molar-refractivity contribution in [1.29, 1.82) is 0 Å². The molecule has 0 fully saturated rings. The first-order chi connectivity index (χ1) is 10.4. The quantitative estimate of drug-likeness (QED) is 0.335. The van der Waals surface area contributed by atoms with Crippen LogP contribution in [0.1, 0.15) is 97.3 Å². The molecule has 0 aliphatic carbocycles. The van der Waals surface area contributed by atoms with Crippen LogP contribution in [0.5, 0.6) is 0 Å². The van der Waals surface area contributed by atoms with Gasteiger partial charge in [-0.15, -0.1) is 0 Å². The van der Waals surface area contributed by atoms with Crippen molar-refractivity contribution in [3.63, 3.8) is 0 Å². The number of hydrogen-bond acceptors (Lipinski definition) is 3. The van der Waals surface area contributed by atoms with Gasteiger partial charge in [0.25, 0.3) is 10.1 Å². The van der Waals surface area contributed by atoms with Gasteiger partial charge in [0.2, 0.25) is 0 Å². The van der Waals surface area contributed by atoms with Crippen LogP contribution in [0.3, 0.4) is 0 Å². The molecule has 134 valence electrons. The molecule has 0 amide bonds. The van der Waals surface area contributed by atoms with E-state index in [1.54, 1.807) is 6.92 Å². The van der Waals surface area contributed by atoms with Gasteiger partial charge in [0.15, 0.2) is 0 Å². The van der Waals surface area contributed by atoms with Crippen LogP contribution < -0.4 is 0 Å². The van der Waals surface area contributed by atoms with Crippen molar-refractivity contribution < 1.29 is 18.1 Å². The second kappa shape index (κ2) is 13.3. The van der Waals surface area contributed by atoms with Crippen LogP contribution in [0.25, 0.3) is 0 Å². The molecule has 5 heteroatoms. The van der Waals surface area contributed by atoms with Crippen LogP contribution in [-0.2, 0) is 10.1 Å². The zero-order chi connectivity index (χ0) is 16.8. The summed E-state index contributed by atoms with van der Waals surface area (Å²) in [7, 11) is -3.85. The molecule has 0 bridgehead atoms. The Morgan fingerprint density at radius 2 is 1.18 bits per heavy atom. The molecule has 0 aliphatic rings. The van der Waals surface area contributed by atoms with Crippen LogP contribution in [-0.4, -0.2) is 29.4 Å². The first-order valence-corrected chi connectivity index (χ1v) is 10.5. The minimum Gasteiger partial charge on any atom is -0.393 e. The lowest BCUT2D eigenvalue weighted by Gasteiger charge is -2.10. The fourth-order valence-electron chi connectivity index (χ4n) is 2.62. The number of aliphatic hydroxyl groups excluding tert-OH is 1. The van der Waals surface area contributed by atoms with E-state index in [2.05, 4.69) is 6.92 Å². The SMILES string of the molecule is CCCCCC(O)CCCCCCCCCC(C)S(=O)(=O)O. The van der Waals surface area contributed by atoms with Crippen molar-refractivity contribution in [3.05, 3.63) is 0 Å². The van der Waals surface area contributed by atoms with Gasteiger partial charge < -0.3 is 5.11 Å². The molecule has 0 radical (unpaired) electrons. The van der Waals surface area contributed by atoms with Crippen LogP contribution in [0.2, 0.25) is 0 Å². The van der Waals surface area contributed by atoms with Crippen molar-refractivity contribution in [1.82, 2.24) is 0 Å². The van der Waals surface area contributed by atoms with E-state index in [4.69, 9.17) is 4.55 Å². The normalized spacial score (nSPS) is 14.9. The van der Waals surface area contributed by atoms with Crippen molar-refractivity contribution in [2.24, 2.45) is 0 Å². The highest BCUT2D eigenvalue weighted by Crippen LogP contribution is 2.15. The maximum absolute atomic E-state index is 10.8. The Balaban J connectivity index is 3.30. The second-order valence-corrected chi connectivity index (χ2v) is 8.36. The number of hydrogen-bond donors (Lipinski definition) is 2. The molecule has 0 saturated heterocycles. The minimum atomic E-state index is -3.85. The molecule has 0 aromatic rings. The Kier molecular flexibility index (Phi) is 13.2. The molecule has 4 nitrogen and oxygen atoms in total. The van der Waals surface area contributed by atoms with Gasteiger partial charge in [-0.25, -0.2) is 0 Å². The third-order valence-electron chi connectivity index (χ3n) is 4.30. The monoisotopic (exact) mass is 336 g/mol. The molecule has 0 spiro atoms. The van der Waals surface area contributed by atoms with E-state index in [-0.39, 0.29) is 6.10 Å². The summed E-state index contributed by atoms with van der Waals surface area (Å²) in [4.78, 5) is 0. The number of aliphatic hydroxyl groups is 1. The highest BCUT2D eigenvalue weighted by atomic mass is 32.2. The van der Waals surface area contributed by atoms with Crippen LogP contribution in [0.4, 0.5) is 0 Å². The highest BCUT2D eigenvalue weighted by Gasteiger charge is 2.15. The standard InChI is InChI=1S/C17H36O4S/c1-3-4-10-14-17(18)15-12-9-7-5-6-8-11-13-16(2)22(19,20)21/h16-18H,3-15H2,1-2H3,(H,19,20,21). The zero-order valence-electron chi connectivity index (χ0n) is 14.5. The molecule has 0 rings (SSSR count). The van der Waals surface area contributed by atoms with Gasteiger partial charge in [-0.2, -0.15) is 8.42 Å². The third kappa shape index (κ3) is 13.5. The fourth-order valence-corrected chi connectivity index (χ4v) is 3.08. The van der Waals surface area contributed by atoms with Crippen molar-refractivity contribution >= 4 is 10.1 Å². The first kappa shape index (κ1) is 21.9. The lowest BCUT2D eigenvalue weighted by molar-refractivity contribution is 0.147. The van der Waals surface area contributed by atoms with Gasteiger partial charge >= 0.3 is 0 Å². The van der Waals surface area contributed by atoms with Crippen LogP contribution in [0, 0.1) is 0 Å². The zero-order valence-corrected chi connectivity index (χ0v) is 15.3. The first-order valence-electron chi connectivity index (χ1n) is 9.02. The fraction of sp³-hybridized carbons (Fsp3) is 1.00. The molecule has 0 saturated carbocycles. The van der Waals surface area contributed by atoms with Gasteiger partial charge in [-0.1, -0.05) is 71.1 Å². The molecule has 0 aromatic carbocycles. The Morgan fingerprint density at radius 1 is 0.773 bits per heavy atom.